The highest BCUT2D eigenvalue weighted by atomic mass is 28.4. The molecule has 6 heteroatoms. The molecule has 0 unspecified atom stereocenters. The van der Waals surface area contributed by atoms with Gasteiger partial charge in [-0.3, -0.25) is 0 Å². The lowest BCUT2D eigenvalue weighted by molar-refractivity contribution is -0.155. The number of aldehydes is 1. The molecule has 3 aromatic carbocycles. The van der Waals surface area contributed by atoms with Crippen molar-refractivity contribution in [3.05, 3.63) is 89.5 Å². The van der Waals surface area contributed by atoms with Crippen LogP contribution in [0.15, 0.2) is 72.8 Å². The van der Waals surface area contributed by atoms with E-state index in [-0.39, 0.29) is 18.1 Å². The maximum atomic E-state index is 11.7. The van der Waals surface area contributed by atoms with Crippen LogP contribution in [-0.4, -0.2) is 45.3 Å². The molecule has 1 heterocycles. The average molecular weight is 561 g/mol. The highest BCUT2D eigenvalue weighted by molar-refractivity contribution is 6.99. The number of aryl methyl sites for hydroxylation is 3. The van der Waals surface area contributed by atoms with Gasteiger partial charge in [-0.25, -0.2) is 0 Å². The van der Waals surface area contributed by atoms with E-state index in [1.165, 1.54) is 15.9 Å². The first-order valence-electron chi connectivity index (χ1n) is 14.2. The van der Waals surface area contributed by atoms with Crippen LogP contribution in [0.5, 0.6) is 5.75 Å². The zero-order valence-corrected chi connectivity index (χ0v) is 26.2. The van der Waals surface area contributed by atoms with Gasteiger partial charge in [0.1, 0.15) is 24.2 Å². The van der Waals surface area contributed by atoms with Crippen LogP contribution in [0.4, 0.5) is 0 Å². The molecule has 0 bridgehead atoms. The van der Waals surface area contributed by atoms with E-state index in [1.54, 1.807) is 0 Å². The average Bonchev–Trinajstić information content (AvgIpc) is 3.19. The van der Waals surface area contributed by atoms with Gasteiger partial charge in [0.15, 0.2) is 5.79 Å². The Kier molecular flexibility index (Phi) is 9.05. The van der Waals surface area contributed by atoms with Crippen molar-refractivity contribution in [2.75, 3.05) is 6.61 Å². The van der Waals surface area contributed by atoms with E-state index < -0.39 is 32.4 Å². The molecular formula is C34H44O5Si. The molecular weight excluding hydrogens is 516 g/mol. The minimum Gasteiger partial charge on any atom is -0.485 e. The number of benzene rings is 3. The molecule has 214 valence electrons. The Morgan fingerprint density at radius 1 is 0.900 bits per heavy atom. The molecule has 0 aromatic heterocycles. The normalized spacial score (nSPS) is 19.8. The second kappa shape index (κ2) is 12.0. The molecule has 0 aliphatic carbocycles. The predicted molar refractivity (Wildman–Crippen MR) is 163 cm³/mol. The number of rotatable bonds is 10. The van der Waals surface area contributed by atoms with Crippen LogP contribution in [0, 0.1) is 20.8 Å². The third-order valence-corrected chi connectivity index (χ3v) is 12.7. The van der Waals surface area contributed by atoms with Crippen LogP contribution in [0.1, 0.15) is 57.7 Å². The molecule has 0 saturated carbocycles. The lowest BCUT2D eigenvalue weighted by Gasteiger charge is -2.44. The van der Waals surface area contributed by atoms with E-state index in [2.05, 4.69) is 102 Å². The van der Waals surface area contributed by atoms with Gasteiger partial charge in [0.2, 0.25) is 0 Å². The minimum absolute atomic E-state index is 0.190. The van der Waals surface area contributed by atoms with Gasteiger partial charge >= 0.3 is 0 Å². The molecule has 1 aliphatic rings. The van der Waals surface area contributed by atoms with Gasteiger partial charge in [-0.15, -0.1) is 0 Å². The SMILES string of the molecule is Cc1cc(C)c(O[C@H](CO[Si](c2ccccc2)(c2ccccc2)C(C)(C)C)[C@@H]2OC(C)(C)O[C@H]2CC=O)c(C)c1. The second-order valence-corrected chi connectivity index (χ2v) is 16.7. The van der Waals surface area contributed by atoms with E-state index in [4.69, 9.17) is 18.6 Å². The van der Waals surface area contributed by atoms with Crippen LogP contribution in [0.3, 0.4) is 0 Å². The monoisotopic (exact) mass is 560 g/mol. The Labute approximate surface area is 240 Å². The third kappa shape index (κ3) is 6.25. The quantitative estimate of drug-likeness (QED) is 0.223. The van der Waals surface area contributed by atoms with Gasteiger partial charge in [0.05, 0.1) is 12.7 Å². The number of hydrogen-bond acceptors (Lipinski definition) is 5. The van der Waals surface area contributed by atoms with Crippen LogP contribution >= 0.6 is 0 Å². The predicted octanol–water partition coefficient (Wildman–Crippen LogP) is 6.04. The third-order valence-electron chi connectivity index (χ3n) is 7.67. The fraction of sp³-hybridized carbons (Fsp3) is 0.441. The molecule has 0 N–H and O–H groups in total. The molecule has 3 aromatic rings. The lowest BCUT2D eigenvalue weighted by atomic mass is 10.0. The molecule has 1 aliphatic heterocycles. The standard InChI is InChI=1S/C34H44O5Si/c1-24-21-25(2)31(26(3)22-24)37-30(32-29(19-20-35)38-34(7,8)39-32)23-36-40(33(4,5)6,27-15-11-9-12-16-27)28-17-13-10-14-18-28/h9-18,20-22,29-30,32H,19,23H2,1-8H3/t29-,30+,32+/m0/s1. The number of hydrogen-bond donors (Lipinski definition) is 0. The summed E-state index contributed by atoms with van der Waals surface area (Å²) in [5.74, 6) is -0.0193. The van der Waals surface area contributed by atoms with Crippen LogP contribution in [-0.2, 0) is 18.7 Å². The Hall–Kier alpha value is -2.77. The highest BCUT2D eigenvalue weighted by Gasteiger charge is 2.52. The smallest absolute Gasteiger partial charge is 0.261 e. The summed E-state index contributed by atoms with van der Waals surface area (Å²) in [7, 11) is -2.84. The molecule has 0 amide bonds. The van der Waals surface area contributed by atoms with Gasteiger partial charge in [-0.1, -0.05) is 99.1 Å². The van der Waals surface area contributed by atoms with Crippen molar-refractivity contribution in [2.45, 2.75) is 90.9 Å². The minimum atomic E-state index is -2.84. The maximum absolute atomic E-state index is 11.7. The van der Waals surface area contributed by atoms with E-state index >= 15 is 0 Å². The van der Waals surface area contributed by atoms with E-state index in [0.29, 0.717) is 0 Å². The summed E-state index contributed by atoms with van der Waals surface area (Å²) >= 11 is 0. The molecule has 40 heavy (non-hydrogen) atoms. The maximum Gasteiger partial charge on any atom is 0.261 e. The van der Waals surface area contributed by atoms with Crippen molar-refractivity contribution in [1.29, 1.82) is 0 Å². The lowest BCUT2D eigenvalue weighted by Crippen LogP contribution is -2.67. The molecule has 1 saturated heterocycles. The van der Waals surface area contributed by atoms with Crippen LogP contribution in [0.2, 0.25) is 5.04 Å². The van der Waals surface area contributed by atoms with Crippen molar-refractivity contribution in [3.63, 3.8) is 0 Å². The summed E-state index contributed by atoms with van der Waals surface area (Å²) in [4.78, 5) is 11.7. The van der Waals surface area contributed by atoms with Crippen LogP contribution in [0.25, 0.3) is 0 Å². The Bertz CT molecular complexity index is 1220. The van der Waals surface area contributed by atoms with Crippen molar-refractivity contribution < 1.29 is 23.4 Å². The first kappa shape index (κ1) is 30.2. The molecule has 4 rings (SSSR count). The Morgan fingerprint density at radius 3 is 1.90 bits per heavy atom. The molecule has 1 fully saturated rings. The summed E-state index contributed by atoms with van der Waals surface area (Å²) in [6.07, 6.45) is -0.317. The van der Waals surface area contributed by atoms with Gasteiger partial charge in [0.25, 0.3) is 8.32 Å². The summed E-state index contributed by atoms with van der Waals surface area (Å²) in [6, 6.07) is 25.4. The molecule has 0 radical (unpaired) electrons. The van der Waals surface area contributed by atoms with Gasteiger partial charge in [0, 0.05) is 6.42 Å². The highest BCUT2D eigenvalue weighted by Crippen LogP contribution is 2.39. The van der Waals surface area contributed by atoms with Gasteiger partial charge in [-0.05, 0) is 61.2 Å². The molecule has 3 atom stereocenters. The fourth-order valence-corrected chi connectivity index (χ4v) is 10.7. The summed E-state index contributed by atoms with van der Waals surface area (Å²) in [6.45, 7) is 17.0. The second-order valence-electron chi connectivity index (χ2n) is 12.4. The largest absolute Gasteiger partial charge is 0.485 e. The van der Waals surface area contributed by atoms with Crippen LogP contribution < -0.4 is 15.1 Å². The van der Waals surface area contributed by atoms with E-state index in [0.717, 1.165) is 23.2 Å². The van der Waals surface area contributed by atoms with Gasteiger partial charge < -0.3 is 23.4 Å². The number of carbonyl (C=O) groups is 1. The first-order valence-corrected chi connectivity index (χ1v) is 16.1. The van der Waals surface area contributed by atoms with Gasteiger partial charge in [-0.2, -0.15) is 0 Å². The Morgan fingerprint density at radius 2 is 1.43 bits per heavy atom. The van der Waals surface area contributed by atoms with Crippen molar-refractivity contribution in [1.82, 2.24) is 0 Å². The summed E-state index contributed by atoms with van der Waals surface area (Å²) in [5, 5.41) is 2.21. The number of ether oxygens (including phenoxy) is 3. The fourth-order valence-electron chi connectivity index (χ4n) is 6.12. The van der Waals surface area contributed by atoms with E-state index in [9.17, 15) is 4.79 Å². The first-order chi connectivity index (χ1) is 18.9. The van der Waals surface area contributed by atoms with Crippen molar-refractivity contribution >= 4 is 25.0 Å². The summed E-state index contributed by atoms with van der Waals surface area (Å²) in [5.41, 5.74) is 3.29. The summed E-state index contributed by atoms with van der Waals surface area (Å²) < 4.78 is 26.8. The topological polar surface area (TPSA) is 54.0 Å². The Balaban J connectivity index is 1.81. The zero-order chi connectivity index (χ0) is 29.1. The van der Waals surface area contributed by atoms with Crippen molar-refractivity contribution in [2.24, 2.45) is 0 Å². The molecule has 5 nitrogen and oxygen atoms in total. The molecule has 0 spiro atoms. The number of carbonyl (C=O) groups excluding carboxylic acids is 1. The van der Waals surface area contributed by atoms with Crippen molar-refractivity contribution in [3.8, 4) is 5.75 Å². The van der Waals surface area contributed by atoms with E-state index in [1.807, 2.05) is 26.0 Å². The zero-order valence-electron chi connectivity index (χ0n) is 25.2.